The van der Waals surface area contributed by atoms with Crippen LogP contribution in [0.2, 0.25) is 6.04 Å². The van der Waals surface area contributed by atoms with Crippen molar-refractivity contribution < 1.29 is 4.43 Å². The topological polar surface area (TPSA) is 9.23 Å². The second-order valence-electron chi connectivity index (χ2n) is 4.85. The molecule has 0 heterocycles. The van der Waals surface area contributed by atoms with Crippen molar-refractivity contribution in [2.24, 2.45) is 0 Å². The van der Waals surface area contributed by atoms with Gasteiger partial charge in [0.15, 0.2) is 0 Å². The van der Waals surface area contributed by atoms with Crippen molar-refractivity contribution in [3.05, 3.63) is 71.8 Å². The Morgan fingerprint density at radius 3 is 1.59 bits per heavy atom. The molecule has 0 aliphatic rings. The molecule has 0 amide bonds. The van der Waals surface area contributed by atoms with E-state index in [0.29, 0.717) is 6.61 Å². The van der Waals surface area contributed by atoms with Crippen LogP contribution in [0.4, 0.5) is 0 Å². The van der Waals surface area contributed by atoms with Crippen LogP contribution >= 0.6 is 0 Å². The second kappa shape index (κ2) is 8.25. The maximum absolute atomic E-state index is 6.01. The standard InChI is InChI=1S/C20H20OSi/c1-3-21-22(4-2,17-15-19-11-7-5-8-12-19)18-16-20-13-9-6-10-14-20/h5-14H,3-4H2,1-2H3. The Morgan fingerprint density at radius 2 is 1.23 bits per heavy atom. The summed E-state index contributed by atoms with van der Waals surface area (Å²) in [5, 5.41) is 0. The smallest absolute Gasteiger partial charge is 0.353 e. The predicted octanol–water partition coefficient (Wildman–Crippen LogP) is 4.17. The summed E-state index contributed by atoms with van der Waals surface area (Å²) in [4.78, 5) is 0. The average Bonchev–Trinajstić information content (AvgIpc) is 2.59. The van der Waals surface area contributed by atoms with Gasteiger partial charge in [0.2, 0.25) is 0 Å². The summed E-state index contributed by atoms with van der Waals surface area (Å²) in [5.74, 6) is 6.48. The molecule has 0 spiro atoms. The van der Waals surface area contributed by atoms with Gasteiger partial charge in [0.25, 0.3) is 0 Å². The Labute approximate surface area is 134 Å². The second-order valence-corrected chi connectivity index (χ2v) is 8.00. The molecule has 0 fully saturated rings. The third-order valence-corrected chi connectivity index (χ3v) is 6.09. The lowest BCUT2D eigenvalue weighted by Gasteiger charge is -2.17. The van der Waals surface area contributed by atoms with E-state index in [0.717, 1.165) is 17.2 Å². The van der Waals surface area contributed by atoms with E-state index in [-0.39, 0.29) is 0 Å². The van der Waals surface area contributed by atoms with Crippen molar-refractivity contribution in [3.63, 3.8) is 0 Å². The van der Waals surface area contributed by atoms with Gasteiger partial charge in [-0.25, -0.2) is 0 Å². The SMILES string of the molecule is CCO[Si](C#Cc1ccccc1)(C#Cc1ccccc1)CC. The lowest BCUT2D eigenvalue weighted by Crippen LogP contribution is -2.35. The fraction of sp³-hybridized carbons (Fsp3) is 0.200. The first-order valence-corrected chi connectivity index (χ1v) is 9.70. The Morgan fingerprint density at radius 1 is 0.773 bits per heavy atom. The first-order chi connectivity index (χ1) is 10.8. The third kappa shape index (κ3) is 4.64. The fourth-order valence-electron chi connectivity index (χ4n) is 2.02. The van der Waals surface area contributed by atoms with Crippen LogP contribution < -0.4 is 0 Å². The van der Waals surface area contributed by atoms with Crippen molar-refractivity contribution in [1.29, 1.82) is 0 Å². The molecule has 0 radical (unpaired) electrons. The van der Waals surface area contributed by atoms with Crippen LogP contribution in [-0.4, -0.2) is 14.9 Å². The summed E-state index contributed by atoms with van der Waals surface area (Å²) < 4.78 is 6.01. The third-order valence-electron chi connectivity index (χ3n) is 3.25. The quantitative estimate of drug-likeness (QED) is 0.611. The maximum atomic E-state index is 6.01. The van der Waals surface area contributed by atoms with E-state index in [4.69, 9.17) is 4.43 Å². The summed E-state index contributed by atoms with van der Waals surface area (Å²) >= 11 is 0. The van der Waals surface area contributed by atoms with E-state index >= 15 is 0 Å². The molecular formula is C20H20OSi. The molecule has 0 unspecified atom stereocenters. The average molecular weight is 304 g/mol. The minimum Gasteiger partial charge on any atom is -0.397 e. The van der Waals surface area contributed by atoms with E-state index in [1.165, 1.54) is 0 Å². The van der Waals surface area contributed by atoms with Crippen molar-refractivity contribution in [3.8, 4) is 22.9 Å². The lowest BCUT2D eigenvalue weighted by molar-refractivity contribution is 0.341. The van der Waals surface area contributed by atoms with Gasteiger partial charge < -0.3 is 4.43 Å². The van der Waals surface area contributed by atoms with Gasteiger partial charge in [0.1, 0.15) is 0 Å². The molecule has 0 N–H and O–H groups in total. The molecule has 2 aromatic rings. The molecule has 1 nitrogen and oxygen atoms in total. The largest absolute Gasteiger partial charge is 0.397 e. The summed E-state index contributed by atoms with van der Waals surface area (Å²) in [6, 6.07) is 20.9. The van der Waals surface area contributed by atoms with Crippen molar-refractivity contribution in [2.75, 3.05) is 6.61 Å². The molecule has 0 atom stereocenters. The first kappa shape index (κ1) is 16.1. The molecule has 2 heteroatoms. The van der Waals surface area contributed by atoms with Gasteiger partial charge in [-0.1, -0.05) is 66.3 Å². The number of hydrogen-bond donors (Lipinski definition) is 0. The summed E-state index contributed by atoms with van der Waals surface area (Å²) in [6.07, 6.45) is 0. The number of hydrogen-bond acceptors (Lipinski definition) is 1. The Hall–Kier alpha value is -2.26. The molecule has 0 aliphatic carbocycles. The molecule has 2 rings (SSSR count). The summed E-state index contributed by atoms with van der Waals surface area (Å²) in [5.41, 5.74) is 8.74. The predicted molar refractivity (Wildman–Crippen MR) is 94.5 cm³/mol. The van der Waals surface area contributed by atoms with Crippen LogP contribution in [-0.2, 0) is 4.43 Å². The van der Waals surface area contributed by atoms with Crippen LogP contribution in [0.25, 0.3) is 0 Å². The Kier molecular flexibility index (Phi) is 6.04. The summed E-state index contributed by atoms with van der Waals surface area (Å²) in [6.45, 7) is 4.76. The van der Waals surface area contributed by atoms with Gasteiger partial charge in [-0.15, -0.1) is 0 Å². The van der Waals surface area contributed by atoms with Crippen LogP contribution in [0, 0.1) is 22.9 Å². The van der Waals surface area contributed by atoms with E-state index < -0.39 is 8.32 Å². The fourth-order valence-corrected chi connectivity index (χ4v) is 3.97. The molecular weight excluding hydrogens is 284 g/mol. The lowest BCUT2D eigenvalue weighted by atomic mass is 10.2. The molecule has 22 heavy (non-hydrogen) atoms. The Balaban J connectivity index is 2.33. The highest BCUT2D eigenvalue weighted by Gasteiger charge is 2.29. The van der Waals surface area contributed by atoms with E-state index in [2.05, 4.69) is 29.9 Å². The minimum atomic E-state index is -2.36. The number of rotatable bonds is 3. The van der Waals surface area contributed by atoms with Crippen molar-refractivity contribution in [2.45, 2.75) is 19.9 Å². The van der Waals surface area contributed by atoms with E-state index in [1.54, 1.807) is 0 Å². The van der Waals surface area contributed by atoms with Gasteiger partial charge in [-0.2, -0.15) is 0 Å². The zero-order chi connectivity index (χ0) is 15.7. The van der Waals surface area contributed by atoms with Crippen molar-refractivity contribution >= 4 is 8.32 Å². The highest BCUT2D eigenvalue weighted by molar-refractivity contribution is 6.89. The van der Waals surface area contributed by atoms with E-state index in [9.17, 15) is 0 Å². The Bertz CT molecular complexity index is 642. The van der Waals surface area contributed by atoms with Crippen LogP contribution in [0.15, 0.2) is 60.7 Å². The minimum absolute atomic E-state index is 0.646. The van der Waals surface area contributed by atoms with Gasteiger partial charge in [-0.3, -0.25) is 0 Å². The molecule has 0 aliphatic heterocycles. The molecule has 0 aromatic heterocycles. The number of benzene rings is 2. The van der Waals surface area contributed by atoms with Crippen LogP contribution in [0.5, 0.6) is 0 Å². The molecule has 0 saturated carbocycles. The van der Waals surface area contributed by atoms with Crippen LogP contribution in [0.3, 0.4) is 0 Å². The van der Waals surface area contributed by atoms with Gasteiger partial charge in [-0.05, 0) is 37.2 Å². The zero-order valence-electron chi connectivity index (χ0n) is 13.1. The van der Waals surface area contributed by atoms with Gasteiger partial charge >= 0.3 is 8.32 Å². The molecule has 2 aromatic carbocycles. The summed E-state index contributed by atoms with van der Waals surface area (Å²) in [7, 11) is -2.36. The van der Waals surface area contributed by atoms with Gasteiger partial charge in [0, 0.05) is 17.7 Å². The molecule has 110 valence electrons. The highest BCUT2D eigenvalue weighted by atomic mass is 28.4. The van der Waals surface area contributed by atoms with Gasteiger partial charge in [0.05, 0.1) is 0 Å². The highest BCUT2D eigenvalue weighted by Crippen LogP contribution is 2.10. The molecule has 0 saturated heterocycles. The van der Waals surface area contributed by atoms with Crippen LogP contribution in [0.1, 0.15) is 25.0 Å². The zero-order valence-corrected chi connectivity index (χ0v) is 14.1. The van der Waals surface area contributed by atoms with Crippen molar-refractivity contribution in [1.82, 2.24) is 0 Å². The maximum Gasteiger partial charge on any atom is 0.353 e. The van der Waals surface area contributed by atoms with E-state index in [1.807, 2.05) is 67.6 Å². The monoisotopic (exact) mass is 304 g/mol. The first-order valence-electron chi connectivity index (χ1n) is 7.58. The normalized spacial score (nSPS) is 10.1. The molecule has 0 bridgehead atoms.